The predicted molar refractivity (Wildman–Crippen MR) is 224 cm³/mol. The second kappa shape index (κ2) is 11.8. The van der Waals surface area contributed by atoms with E-state index in [1.165, 1.54) is 16.2 Å². The Hall–Kier alpha value is -7.86. The van der Waals surface area contributed by atoms with Crippen LogP contribution >= 0.6 is 0 Å². The van der Waals surface area contributed by atoms with Gasteiger partial charge in [0.1, 0.15) is 0 Å². The molecule has 3 heterocycles. The second-order valence-corrected chi connectivity index (χ2v) is 14.0. The first-order valence-electron chi connectivity index (χ1n) is 18.3. The summed E-state index contributed by atoms with van der Waals surface area (Å²) in [6, 6.07) is 65.9. The number of aromatic nitrogens is 3. The Morgan fingerprint density at radius 2 is 0.891 bits per heavy atom. The van der Waals surface area contributed by atoms with E-state index in [1.807, 2.05) is 18.2 Å². The molecule has 11 rings (SSSR count). The lowest BCUT2D eigenvalue weighted by Crippen LogP contribution is -2.01. The maximum Gasteiger partial charge on any atom is 0.0998 e. The fourth-order valence-electron chi connectivity index (χ4n) is 8.76. The number of para-hydroxylation sites is 5. The molecule has 0 unspecified atom stereocenters. The zero-order valence-electron chi connectivity index (χ0n) is 29.5. The number of nitriles is 2. The summed E-state index contributed by atoms with van der Waals surface area (Å²) in [6.07, 6.45) is 0. The smallest absolute Gasteiger partial charge is 0.0998 e. The van der Waals surface area contributed by atoms with Crippen LogP contribution in [0.1, 0.15) is 11.1 Å². The van der Waals surface area contributed by atoms with Gasteiger partial charge in [0.25, 0.3) is 0 Å². The van der Waals surface area contributed by atoms with Crippen molar-refractivity contribution in [2.45, 2.75) is 0 Å². The molecule has 55 heavy (non-hydrogen) atoms. The summed E-state index contributed by atoms with van der Waals surface area (Å²) in [5.41, 5.74) is 12.7. The Morgan fingerprint density at radius 3 is 1.53 bits per heavy atom. The van der Waals surface area contributed by atoms with Crippen molar-refractivity contribution in [3.63, 3.8) is 0 Å². The Bertz CT molecular complexity index is 3400. The summed E-state index contributed by atoms with van der Waals surface area (Å²) >= 11 is 0. The molecule has 0 saturated carbocycles. The minimum absolute atomic E-state index is 0.622. The van der Waals surface area contributed by atoms with E-state index >= 15 is 0 Å². The van der Waals surface area contributed by atoms with Gasteiger partial charge in [-0.3, -0.25) is 0 Å². The predicted octanol–water partition coefficient (Wildman–Crippen LogP) is 12.4. The highest BCUT2D eigenvalue weighted by atomic mass is 15.1. The number of hydrogen-bond donors (Lipinski definition) is 0. The van der Waals surface area contributed by atoms with Gasteiger partial charge in [0, 0.05) is 43.7 Å². The topological polar surface area (TPSA) is 62.4 Å². The van der Waals surface area contributed by atoms with Gasteiger partial charge in [-0.1, -0.05) is 103 Å². The quantitative estimate of drug-likeness (QED) is 0.184. The highest BCUT2D eigenvalue weighted by Gasteiger charge is 2.20. The van der Waals surface area contributed by atoms with Crippen molar-refractivity contribution in [1.29, 1.82) is 10.5 Å². The molecule has 5 nitrogen and oxygen atoms in total. The van der Waals surface area contributed by atoms with E-state index in [9.17, 15) is 10.5 Å². The van der Waals surface area contributed by atoms with Gasteiger partial charge < -0.3 is 13.7 Å². The van der Waals surface area contributed by atoms with Crippen LogP contribution < -0.4 is 0 Å². The average molecular weight is 700 g/mol. The van der Waals surface area contributed by atoms with Crippen LogP contribution in [0.2, 0.25) is 0 Å². The standard InChI is InChI=1S/C50H29N5/c51-30-32-20-27-48-43(28-32)41-13-4-8-18-47(41)55(48)49-19-9-14-42-40-12-3-7-17-46(40)54(50(42)49)35-23-21-33(22-24-35)37-26-25-36(29-34(37)31-52)53-44-15-5-1-10-38(44)39-11-2-6-16-45(39)53/h1-29H. The molecule has 3 aromatic heterocycles. The van der Waals surface area contributed by atoms with Crippen LogP contribution in [0.5, 0.6) is 0 Å². The van der Waals surface area contributed by atoms with Gasteiger partial charge >= 0.3 is 0 Å². The summed E-state index contributed by atoms with van der Waals surface area (Å²) in [6.45, 7) is 0. The molecule has 5 heteroatoms. The van der Waals surface area contributed by atoms with Gasteiger partial charge in [-0.15, -0.1) is 0 Å². The molecule has 0 atom stereocenters. The van der Waals surface area contributed by atoms with Gasteiger partial charge in [-0.25, -0.2) is 0 Å². The fourth-order valence-corrected chi connectivity index (χ4v) is 8.76. The zero-order valence-corrected chi connectivity index (χ0v) is 29.5. The lowest BCUT2D eigenvalue weighted by Gasteiger charge is -2.15. The number of hydrogen-bond acceptors (Lipinski definition) is 2. The first-order valence-corrected chi connectivity index (χ1v) is 18.3. The molecule has 0 aliphatic rings. The van der Waals surface area contributed by atoms with Crippen LogP contribution in [-0.4, -0.2) is 13.7 Å². The first-order chi connectivity index (χ1) is 27.2. The number of rotatable bonds is 4. The van der Waals surface area contributed by atoms with Crippen molar-refractivity contribution < 1.29 is 0 Å². The van der Waals surface area contributed by atoms with E-state index in [4.69, 9.17) is 0 Å². The average Bonchev–Trinajstić information content (AvgIpc) is 3.89. The molecule has 0 aliphatic carbocycles. The minimum Gasteiger partial charge on any atom is -0.309 e. The lowest BCUT2D eigenvalue weighted by atomic mass is 9.99. The van der Waals surface area contributed by atoms with Gasteiger partial charge in [0.05, 0.1) is 62.1 Å². The van der Waals surface area contributed by atoms with Crippen LogP contribution in [0.3, 0.4) is 0 Å². The third-order valence-electron chi connectivity index (χ3n) is 11.1. The summed E-state index contributed by atoms with van der Waals surface area (Å²) in [7, 11) is 0. The molecule has 0 saturated heterocycles. The molecule has 0 fully saturated rings. The van der Waals surface area contributed by atoms with Gasteiger partial charge in [0.15, 0.2) is 0 Å². The molecule has 0 spiro atoms. The molecular weight excluding hydrogens is 671 g/mol. The molecule has 0 radical (unpaired) electrons. The van der Waals surface area contributed by atoms with Crippen molar-refractivity contribution in [3.8, 4) is 40.3 Å². The molecule has 254 valence electrons. The maximum atomic E-state index is 10.5. The maximum absolute atomic E-state index is 10.5. The highest BCUT2D eigenvalue weighted by Crippen LogP contribution is 2.40. The third kappa shape index (κ3) is 4.45. The van der Waals surface area contributed by atoms with E-state index in [-0.39, 0.29) is 0 Å². The third-order valence-corrected chi connectivity index (χ3v) is 11.1. The highest BCUT2D eigenvalue weighted by molar-refractivity contribution is 6.15. The van der Waals surface area contributed by atoms with Crippen molar-refractivity contribution in [2.75, 3.05) is 0 Å². The fraction of sp³-hybridized carbons (Fsp3) is 0. The van der Waals surface area contributed by atoms with Crippen LogP contribution in [0, 0.1) is 22.7 Å². The Balaban J connectivity index is 1.08. The molecule has 8 aromatic carbocycles. The van der Waals surface area contributed by atoms with Crippen molar-refractivity contribution >= 4 is 65.4 Å². The van der Waals surface area contributed by atoms with Crippen molar-refractivity contribution in [2.24, 2.45) is 0 Å². The van der Waals surface area contributed by atoms with Crippen LogP contribution in [0.25, 0.3) is 93.6 Å². The SMILES string of the molecule is N#Cc1ccc2c(c1)c1ccccc1n2-c1cccc2c3ccccc3n(-c3ccc(-c4ccc(-n5c6ccccc6c6ccccc65)cc4C#N)cc3)c12. The largest absolute Gasteiger partial charge is 0.309 e. The molecule has 0 N–H and O–H groups in total. The molecule has 0 aliphatic heterocycles. The van der Waals surface area contributed by atoms with E-state index in [1.54, 1.807) is 0 Å². The van der Waals surface area contributed by atoms with E-state index in [2.05, 4.69) is 184 Å². The van der Waals surface area contributed by atoms with E-state index in [0.29, 0.717) is 11.1 Å². The Morgan fingerprint density at radius 1 is 0.364 bits per heavy atom. The molecule has 0 amide bonds. The minimum atomic E-state index is 0.622. The Kier molecular flexibility index (Phi) is 6.61. The monoisotopic (exact) mass is 699 g/mol. The van der Waals surface area contributed by atoms with Gasteiger partial charge in [-0.2, -0.15) is 10.5 Å². The van der Waals surface area contributed by atoms with Crippen LogP contribution in [0.15, 0.2) is 176 Å². The molecular formula is C50H29N5. The van der Waals surface area contributed by atoms with Gasteiger partial charge in [-0.05, 0) is 83.9 Å². The summed E-state index contributed by atoms with van der Waals surface area (Å²) in [5, 5.41) is 27.1. The van der Waals surface area contributed by atoms with Crippen molar-refractivity contribution in [3.05, 3.63) is 187 Å². The molecule has 0 bridgehead atoms. The Labute approximate surface area is 316 Å². The summed E-state index contributed by atoms with van der Waals surface area (Å²) in [4.78, 5) is 0. The van der Waals surface area contributed by atoms with E-state index in [0.717, 1.165) is 77.4 Å². The van der Waals surface area contributed by atoms with Gasteiger partial charge in [0.2, 0.25) is 0 Å². The number of benzene rings is 8. The number of nitrogens with zero attached hydrogens (tertiary/aromatic N) is 5. The van der Waals surface area contributed by atoms with E-state index < -0.39 is 0 Å². The van der Waals surface area contributed by atoms with Crippen molar-refractivity contribution in [1.82, 2.24) is 13.7 Å². The van der Waals surface area contributed by atoms with Crippen LogP contribution in [0.4, 0.5) is 0 Å². The summed E-state index contributed by atoms with van der Waals surface area (Å²) < 4.78 is 6.93. The normalized spacial score (nSPS) is 11.6. The second-order valence-electron chi connectivity index (χ2n) is 14.0. The first kappa shape index (κ1) is 30.7. The zero-order chi connectivity index (χ0) is 36.6. The lowest BCUT2D eigenvalue weighted by molar-refractivity contribution is 1.13. The van der Waals surface area contributed by atoms with Crippen LogP contribution in [-0.2, 0) is 0 Å². The molecule has 11 aromatic rings. The summed E-state index contributed by atoms with van der Waals surface area (Å²) in [5.74, 6) is 0. The number of fused-ring (bicyclic) bond motifs is 9.